The number of nitrogens with two attached hydrogens (primary N) is 1. The van der Waals surface area contributed by atoms with Gasteiger partial charge in [0.2, 0.25) is 0 Å². The summed E-state index contributed by atoms with van der Waals surface area (Å²) < 4.78 is 23.5. The molecule has 0 radical (unpaired) electrons. The van der Waals surface area contributed by atoms with E-state index in [4.69, 9.17) is 24.7 Å². The Kier molecular flexibility index (Phi) is 14.9. The molecule has 0 unspecified atom stereocenters. The van der Waals surface area contributed by atoms with Crippen molar-refractivity contribution in [3.8, 4) is 16.9 Å². The number of ether oxygens (including phenoxy) is 4. The van der Waals surface area contributed by atoms with Gasteiger partial charge in [-0.25, -0.2) is 9.59 Å². The molecule has 2 atom stereocenters. The average molecular weight is 755 g/mol. The van der Waals surface area contributed by atoms with Gasteiger partial charge in [0.1, 0.15) is 36.2 Å². The van der Waals surface area contributed by atoms with Gasteiger partial charge in [-0.05, 0) is 100 Å². The largest absolute Gasteiger partial charge is 0.488 e. The highest BCUT2D eigenvalue weighted by Crippen LogP contribution is 2.44. The van der Waals surface area contributed by atoms with E-state index in [1.807, 2.05) is 69.3 Å². The second kappa shape index (κ2) is 19.3. The summed E-state index contributed by atoms with van der Waals surface area (Å²) in [4.78, 5) is 47.0. The van der Waals surface area contributed by atoms with E-state index < -0.39 is 41.2 Å². The SMILES string of the molecule is C=CCOC(=O)[C@H](Cc1ccc(OC(C)(C)C)cc1)N(C[C@H](CCCNC(N)=NC)CC(=O)OCC1c2ccccc2-c2ccccc21)C(=O)OC(C)(C)C. The molecule has 1 aliphatic carbocycles. The predicted molar refractivity (Wildman–Crippen MR) is 216 cm³/mol. The van der Waals surface area contributed by atoms with Crippen LogP contribution in [0.3, 0.4) is 0 Å². The number of fused-ring (bicyclic) bond motifs is 3. The van der Waals surface area contributed by atoms with Crippen molar-refractivity contribution in [2.24, 2.45) is 16.6 Å². The van der Waals surface area contributed by atoms with Crippen LogP contribution in [0.2, 0.25) is 0 Å². The van der Waals surface area contributed by atoms with Crippen LogP contribution in [-0.2, 0) is 30.2 Å². The first-order valence-corrected chi connectivity index (χ1v) is 18.9. The van der Waals surface area contributed by atoms with Crippen molar-refractivity contribution in [1.82, 2.24) is 10.2 Å². The van der Waals surface area contributed by atoms with Crippen molar-refractivity contribution in [3.05, 3.63) is 102 Å². The van der Waals surface area contributed by atoms with E-state index in [-0.39, 0.29) is 38.5 Å². The molecular formula is C44H58N4O7. The Morgan fingerprint density at radius 2 is 1.53 bits per heavy atom. The third-order valence-corrected chi connectivity index (χ3v) is 9.02. The molecule has 3 aromatic carbocycles. The summed E-state index contributed by atoms with van der Waals surface area (Å²) in [6.45, 7) is 15.5. The van der Waals surface area contributed by atoms with Gasteiger partial charge >= 0.3 is 18.0 Å². The summed E-state index contributed by atoms with van der Waals surface area (Å²) in [7, 11) is 1.59. The van der Waals surface area contributed by atoms with Gasteiger partial charge in [-0.2, -0.15) is 0 Å². The van der Waals surface area contributed by atoms with E-state index in [1.54, 1.807) is 27.8 Å². The predicted octanol–water partition coefficient (Wildman–Crippen LogP) is 7.42. The van der Waals surface area contributed by atoms with Gasteiger partial charge < -0.3 is 30.0 Å². The maximum atomic E-state index is 14.1. The minimum absolute atomic E-state index is 0.0000742. The molecule has 3 N–H and O–H groups in total. The van der Waals surface area contributed by atoms with Gasteiger partial charge in [0.05, 0.1) is 6.42 Å². The molecule has 1 amide bonds. The number of rotatable bonds is 17. The molecule has 0 heterocycles. The Bertz CT molecular complexity index is 1750. The molecule has 4 rings (SSSR count). The lowest BCUT2D eigenvalue weighted by molar-refractivity contribution is -0.149. The molecule has 3 aromatic rings. The number of amides is 1. The zero-order valence-electron chi connectivity index (χ0n) is 33.4. The van der Waals surface area contributed by atoms with Crippen molar-refractivity contribution < 1.29 is 33.3 Å². The van der Waals surface area contributed by atoms with E-state index in [0.29, 0.717) is 31.1 Å². The molecule has 0 aromatic heterocycles. The number of guanidine groups is 1. The Morgan fingerprint density at radius 3 is 2.09 bits per heavy atom. The quantitative estimate of drug-likeness (QED) is 0.0360. The number of hydrogen-bond acceptors (Lipinski definition) is 8. The Morgan fingerprint density at radius 1 is 0.909 bits per heavy atom. The smallest absolute Gasteiger partial charge is 0.411 e. The fourth-order valence-electron chi connectivity index (χ4n) is 6.61. The monoisotopic (exact) mass is 754 g/mol. The van der Waals surface area contributed by atoms with Crippen LogP contribution in [0.15, 0.2) is 90.4 Å². The molecule has 11 heteroatoms. The fourth-order valence-corrected chi connectivity index (χ4v) is 6.61. The Labute approximate surface area is 326 Å². The maximum Gasteiger partial charge on any atom is 0.411 e. The second-order valence-electron chi connectivity index (χ2n) is 15.8. The van der Waals surface area contributed by atoms with Crippen LogP contribution in [0.4, 0.5) is 4.79 Å². The van der Waals surface area contributed by atoms with Gasteiger partial charge in [0.15, 0.2) is 5.96 Å². The maximum absolute atomic E-state index is 14.1. The highest BCUT2D eigenvalue weighted by Gasteiger charge is 2.37. The van der Waals surface area contributed by atoms with Gasteiger partial charge in [-0.15, -0.1) is 0 Å². The molecular weight excluding hydrogens is 697 g/mol. The van der Waals surface area contributed by atoms with Crippen LogP contribution in [0, 0.1) is 5.92 Å². The van der Waals surface area contributed by atoms with E-state index in [0.717, 1.165) is 27.8 Å². The Hall–Kier alpha value is -5.32. The topological polar surface area (TPSA) is 142 Å². The Balaban J connectivity index is 1.61. The standard InChI is InChI=1S/C44H58N4O7/c1-9-25-52-40(50)38(26-30-20-22-32(23-21-30)54-43(2,3)4)48(42(51)55-44(5,6)7)28-31(15-14-24-47-41(45)46-8)27-39(49)53-29-37-35-18-12-10-16-33(35)34-17-11-13-19-36(34)37/h9-13,16-23,31,37-38H,1,14-15,24-29H2,2-8H3,(H3,45,46,47)/t31-,38+/m1/s1. The van der Waals surface area contributed by atoms with Crippen LogP contribution < -0.4 is 15.8 Å². The average Bonchev–Trinajstić information content (AvgIpc) is 3.45. The molecule has 0 saturated carbocycles. The molecule has 55 heavy (non-hydrogen) atoms. The first-order chi connectivity index (χ1) is 26.1. The number of carbonyl (C=O) groups excluding carboxylic acids is 3. The van der Waals surface area contributed by atoms with Gasteiger partial charge in [0, 0.05) is 32.5 Å². The highest BCUT2D eigenvalue weighted by molar-refractivity contribution is 5.82. The molecule has 0 bridgehead atoms. The summed E-state index contributed by atoms with van der Waals surface area (Å²) >= 11 is 0. The summed E-state index contributed by atoms with van der Waals surface area (Å²) in [5, 5.41) is 3.06. The minimum atomic E-state index is -1.07. The van der Waals surface area contributed by atoms with Crippen molar-refractivity contribution >= 4 is 24.0 Å². The number of esters is 2. The molecule has 11 nitrogen and oxygen atoms in total. The van der Waals surface area contributed by atoms with Crippen molar-refractivity contribution in [3.63, 3.8) is 0 Å². The van der Waals surface area contributed by atoms with Crippen molar-refractivity contribution in [2.75, 3.05) is 33.4 Å². The number of nitrogens with one attached hydrogen (secondary N) is 1. The van der Waals surface area contributed by atoms with Crippen LogP contribution in [-0.4, -0.2) is 79.5 Å². The molecule has 296 valence electrons. The van der Waals surface area contributed by atoms with E-state index in [2.05, 4.69) is 41.2 Å². The summed E-state index contributed by atoms with van der Waals surface area (Å²) in [6.07, 6.45) is 2.01. The summed E-state index contributed by atoms with van der Waals surface area (Å²) in [5.74, 6) is -0.558. The molecule has 0 saturated heterocycles. The van der Waals surface area contributed by atoms with E-state index >= 15 is 0 Å². The molecule has 0 aliphatic heterocycles. The molecule has 1 aliphatic rings. The van der Waals surface area contributed by atoms with E-state index in [1.165, 1.54) is 11.0 Å². The number of nitrogens with zero attached hydrogens (tertiary/aromatic N) is 2. The number of aliphatic imine (C=N–C) groups is 1. The van der Waals surface area contributed by atoms with E-state index in [9.17, 15) is 14.4 Å². The molecule has 0 fully saturated rings. The first-order valence-electron chi connectivity index (χ1n) is 18.9. The van der Waals surface area contributed by atoms with Gasteiger partial charge in [0.25, 0.3) is 0 Å². The van der Waals surface area contributed by atoms with Crippen LogP contribution in [0.25, 0.3) is 11.1 Å². The number of hydrogen-bond donors (Lipinski definition) is 2. The number of carbonyl (C=O) groups is 3. The normalized spacial score (nSPS) is 13.8. The van der Waals surface area contributed by atoms with Crippen LogP contribution >= 0.6 is 0 Å². The van der Waals surface area contributed by atoms with Crippen LogP contribution in [0.5, 0.6) is 5.75 Å². The van der Waals surface area contributed by atoms with Crippen molar-refractivity contribution in [1.29, 1.82) is 0 Å². The lowest BCUT2D eigenvalue weighted by Crippen LogP contribution is -2.51. The first kappa shape index (κ1) is 42.4. The summed E-state index contributed by atoms with van der Waals surface area (Å²) in [5.41, 5.74) is 9.90. The summed E-state index contributed by atoms with van der Waals surface area (Å²) in [6, 6.07) is 22.7. The van der Waals surface area contributed by atoms with Crippen LogP contribution in [0.1, 0.15) is 83.4 Å². The minimum Gasteiger partial charge on any atom is -0.488 e. The zero-order chi connectivity index (χ0) is 40.2. The fraction of sp³-hybridized carbons (Fsp3) is 0.455. The zero-order valence-corrected chi connectivity index (χ0v) is 33.4. The third-order valence-electron chi connectivity index (χ3n) is 9.02. The molecule has 0 spiro atoms. The number of benzene rings is 3. The lowest BCUT2D eigenvalue weighted by atomic mass is 9.96. The van der Waals surface area contributed by atoms with Crippen molar-refractivity contribution in [2.45, 2.75) is 90.4 Å². The lowest BCUT2D eigenvalue weighted by Gasteiger charge is -2.35. The third kappa shape index (κ3) is 12.9. The second-order valence-corrected chi connectivity index (χ2v) is 15.8. The van der Waals surface area contributed by atoms with Gasteiger partial charge in [-0.1, -0.05) is 73.3 Å². The van der Waals surface area contributed by atoms with Gasteiger partial charge in [-0.3, -0.25) is 14.7 Å². The highest BCUT2D eigenvalue weighted by atomic mass is 16.6.